The van der Waals surface area contributed by atoms with E-state index in [4.69, 9.17) is 34.3 Å². The molecule has 1 fully saturated rings. The number of hydrogen-bond donors (Lipinski definition) is 1. The maximum atomic E-state index is 13.4. The fourth-order valence-corrected chi connectivity index (χ4v) is 6.65. The van der Waals surface area contributed by atoms with Crippen LogP contribution in [0.15, 0.2) is 53.4 Å². The minimum Gasteiger partial charge on any atom is -0.393 e. The molecule has 2 aromatic rings. The van der Waals surface area contributed by atoms with Gasteiger partial charge in [-0.2, -0.15) is 0 Å². The van der Waals surface area contributed by atoms with E-state index in [2.05, 4.69) is 0 Å². The topological polar surface area (TPSA) is 69.4 Å². The average Bonchev–Trinajstić information content (AvgIpc) is 3.27. The second kappa shape index (κ2) is 6.93. The Hall–Kier alpha value is -1.47. The summed E-state index contributed by atoms with van der Waals surface area (Å²) >= 11 is 11.4. The highest BCUT2D eigenvalue weighted by molar-refractivity contribution is 7.92. The molecule has 2 aromatic carbocycles. The zero-order chi connectivity index (χ0) is 19.1. The summed E-state index contributed by atoms with van der Waals surface area (Å²) in [6, 6.07) is 14.0. The molecule has 1 saturated carbocycles. The van der Waals surface area contributed by atoms with Gasteiger partial charge in [-0.3, -0.25) is 0 Å². The van der Waals surface area contributed by atoms with Gasteiger partial charge >= 0.3 is 0 Å². The van der Waals surface area contributed by atoms with Crippen LogP contribution in [-0.4, -0.2) is 32.4 Å². The van der Waals surface area contributed by atoms with Crippen molar-refractivity contribution in [3.05, 3.63) is 64.7 Å². The number of benzene rings is 2. The number of rotatable bonds is 6. The molecule has 0 spiro atoms. The van der Waals surface area contributed by atoms with Crippen LogP contribution in [0.3, 0.4) is 0 Å². The Morgan fingerprint density at radius 2 is 1.92 bits per heavy atom. The monoisotopic (exact) mass is 409 g/mol. The number of ether oxygens (including phenoxy) is 1. The molecule has 3 rings (SSSR count). The Bertz CT molecular complexity index is 944. The van der Waals surface area contributed by atoms with E-state index in [1.54, 1.807) is 42.5 Å². The van der Waals surface area contributed by atoms with Crippen LogP contribution in [0.4, 0.5) is 0 Å². The number of nitrogens with two attached hydrogens (primary N) is 1. The number of halogens is 1. The molecule has 0 aromatic heterocycles. The zero-order valence-electron chi connectivity index (χ0n) is 14.5. The van der Waals surface area contributed by atoms with Crippen LogP contribution >= 0.6 is 23.8 Å². The fourth-order valence-electron chi connectivity index (χ4n) is 3.68. The standard InChI is InChI=1S/C19H20ClNO3S2/c1-12-6-8-15(9-7-12)26(22,23)17-16(13-4-3-5-14(20)10-13)19(17,11-24-2)18(21)25/h3-10,16-17H,11H2,1-2H3,(H2,21,25)/t16-,17+,19-/m1/s1. The first-order valence-corrected chi connectivity index (χ1v) is 10.4. The third-order valence-electron chi connectivity index (χ3n) is 4.99. The third kappa shape index (κ3) is 3.05. The van der Waals surface area contributed by atoms with E-state index in [9.17, 15) is 8.42 Å². The molecule has 0 saturated heterocycles. The van der Waals surface area contributed by atoms with Crippen molar-refractivity contribution < 1.29 is 13.2 Å². The van der Waals surface area contributed by atoms with Gasteiger partial charge in [-0.05, 0) is 36.8 Å². The zero-order valence-corrected chi connectivity index (χ0v) is 16.9. The van der Waals surface area contributed by atoms with Crippen LogP contribution in [0.1, 0.15) is 17.0 Å². The third-order valence-corrected chi connectivity index (χ3v) is 7.90. The Balaban J connectivity index is 2.13. The number of hydrogen-bond acceptors (Lipinski definition) is 4. The largest absolute Gasteiger partial charge is 0.393 e. The predicted molar refractivity (Wildman–Crippen MR) is 107 cm³/mol. The SMILES string of the molecule is COC[C@@]1(C(N)=S)[C@H](c2cccc(Cl)c2)[C@@H]1S(=O)(=O)c1ccc(C)cc1. The molecule has 3 atom stereocenters. The van der Waals surface area contributed by atoms with Crippen LogP contribution in [0.25, 0.3) is 0 Å². The molecule has 138 valence electrons. The van der Waals surface area contributed by atoms with E-state index < -0.39 is 26.4 Å². The molecule has 0 radical (unpaired) electrons. The molecule has 1 aliphatic rings. The summed E-state index contributed by atoms with van der Waals surface area (Å²) in [5, 5.41) is -0.247. The van der Waals surface area contributed by atoms with Crippen LogP contribution in [0.2, 0.25) is 5.02 Å². The lowest BCUT2D eigenvalue weighted by molar-refractivity contribution is 0.166. The van der Waals surface area contributed by atoms with Gasteiger partial charge in [-0.1, -0.05) is 53.6 Å². The van der Waals surface area contributed by atoms with Crippen molar-refractivity contribution in [1.82, 2.24) is 0 Å². The smallest absolute Gasteiger partial charge is 0.182 e. The highest BCUT2D eigenvalue weighted by atomic mass is 35.5. The van der Waals surface area contributed by atoms with Gasteiger partial charge in [-0.15, -0.1) is 0 Å². The minimum absolute atomic E-state index is 0.134. The summed E-state index contributed by atoms with van der Waals surface area (Å²) in [4.78, 5) is 0.402. The molecule has 0 amide bonds. The van der Waals surface area contributed by atoms with Gasteiger partial charge in [0.25, 0.3) is 0 Å². The minimum atomic E-state index is -3.66. The molecule has 1 aliphatic carbocycles. The van der Waals surface area contributed by atoms with Crippen LogP contribution in [-0.2, 0) is 14.6 Å². The van der Waals surface area contributed by atoms with E-state index in [0.717, 1.165) is 11.1 Å². The summed E-state index contributed by atoms with van der Waals surface area (Å²) < 4.78 is 32.1. The Kier molecular flexibility index (Phi) is 5.14. The van der Waals surface area contributed by atoms with E-state index in [1.165, 1.54) is 7.11 Å². The van der Waals surface area contributed by atoms with E-state index in [1.807, 2.05) is 13.0 Å². The van der Waals surface area contributed by atoms with Crippen molar-refractivity contribution in [1.29, 1.82) is 0 Å². The molecule has 4 nitrogen and oxygen atoms in total. The lowest BCUT2D eigenvalue weighted by atomic mass is 10.00. The van der Waals surface area contributed by atoms with Crippen LogP contribution in [0, 0.1) is 12.3 Å². The molecule has 7 heteroatoms. The first-order valence-electron chi connectivity index (χ1n) is 8.10. The van der Waals surface area contributed by atoms with Gasteiger partial charge in [0, 0.05) is 18.1 Å². The average molecular weight is 410 g/mol. The van der Waals surface area contributed by atoms with Crippen LogP contribution < -0.4 is 5.73 Å². The maximum absolute atomic E-state index is 13.4. The quantitative estimate of drug-likeness (QED) is 0.739. The first-order chi connectivity index (χ1) is 12.2. The summed E-state index contributed by atoms with van der Waals surface area (Å²) in [6.07, 6.45) is 0. The number of thiocarbonyl (C=S) groups is 1. The molecule has 0 heterocycles. The van der Waals surface area contributed by atoms with E-state index in [-0.39, 0.29) is 16.5 Å². The van der Waals surface area contributed by atoms with Gasteiger partial charge in [-0.25, -0.2) is 8.42 Å². The van der Waals surface area contributed by atoms with Gasteiger partial charge in [0.15, 0.2) is 9.84 Å². The normalized spacial score (nSPS) is 25.0. The molecule has 0 unspecified atom stereocenters. The molecule has 0 aliphatic heterocycles. The lowest BCUT2D eigenvalue weighted by Crippen LogP contribution is -2.33. The Labute approximate surface area is 164 Å². The second-order valence-electron chi connectivity index (χ2n) is 6.65. The highest BCUT2D eigenvalue weighted by Gasteiger charge is 2.73. The van der Waals surface area contributed by atoms with Crippen molar-refractivity contribution in [3.63, 3.8) is 0 Å². The van der Waals surface area contributed by atoms with Gasteiger partial charge < -0.3 is 10.5 Å². The van der Waals surface area contributed by atoms with Gasteiger partial charge in [0.05, 0.1) is 27.2 Å². The van der Waals surface area contributed by atoms with Crippen molar-refractivity contribution >= 4 is 38.6 Å². The predicted octanol–water partition coefficient (Wildman–Crippen LogP) is 3.51. The highest BCUT2D eigenvalue weighted by Crippen LogP contribution is 2.64. The van der Waals surface area contributed by atoms with Crippen LogP contribution in [0.5, 0.6) is 0 Å². The van der Waals surface area contributed by atoms with E-state index >= 15 is 0 Å². The lowest BCUT2D eigenvalue weighted by Gasteiger charge is -2.16. The fraction of sp³-hybridized carbons (Fsp3) is 0.316. The maximum Gasteiger partial charge on any atom is 0.182 e. The van der Waals surface area contributed by atoms with Crippen molar-refractivity contribution in [2.45, 2.75) is 23.0 Å². The molecule has 2 N–H and O–H groups in total. The van der Waals surface area contributed by atoms with Crippen molar-refractivity contribution in [2.24, 2.45) is 11.1 Å². The summed E-state index contributed by atoms with van der Waals surface area (Å²) in [7, 11) is -2.14. The Morgan fingerprint density at radius 3 is 2.46 bits per heavy atom. The number of methoxy groups -OCH3 is 1. The second-order valence-corrected chi connectivity index (χ2v) is 9.59. The first kappa shape index (κ1) is 19.3. The summed E-state index contributed by atoms with van der Waals surface area (Å²) in [5.41, 5.74) is 6.87. The summed E-state index contributed by atoms with van der Waals surface area (Å²) in [5.74, 6) is -0.398. The Morgan fingerprint density at radius 1 is 1.27 bits per heavy atom. The molecule has 0 bridgehead atoms. The molecular formula is C19H20ClNO3S2. The van der Waals surface area contributed by atoms with Crippen molar-refractivity contribution in [2.75, 3.05) is 13.7 Å². The van der Waals surface area contributed by atoms with Gasteiger partial charge in [0.1, 0.15) is 0 Å². The van der Waals surface area contributed by atoms with E-state index in [0.29, 0.717) is 5.02 Å². The number of sulfone groups is 1. The number of aryl methyl sites for hydroxylation is 1. The molecular weight excluding hydrogens is 390 g/mol. The van der Waals surface area contributed by atoms with Crippen molar-refractivity contribution in [3.8, 4) is 0 Å². The summed E-state index contributed by atoms with van der Waals surface area (Å²) in [6.45, 7) is 2.04. The molecule has 26 heavy (non-hydrogen) atoms. The van der Waals surface area contributed by atoms with Gasteiger partial charge in [0.2, 0.25) is 0 Å².